The van der Waals surface area contributed by atoms with Gasteiger partial charge in [-0.05, 0) is 80.1 Å². The Morgan fingerprint density at radius 2 is 1.81 bits per heavy atom. The lowest BCUT2D eigenvalue weighted by Crippen LogP contribution is -2.46. The number of hydrogen-bond donors (Lipinski definition) is 1. The quantitative estimate of drug-likeness (QED) is 0.367. The highest BCUT2D eigenvalue weighted by Gasteiger charge is 2.36. The third-order valence-corrected chi connectivity index (χ3v) is 7.98. The van der Waals surface area contributed by atoms with Crippen LogP contribution in [-0.2, 0) is 9.53 Å². The SMILES string of the molecule is C.COC(=O)C1CCC=C(CNC(CCN2CCC(c3ccc(Cl)cc3)C(C)(C)C2)C(C)C)C1.O.O.O. The molecule has 1 heterocycles. The Kier molecular flexibility index (Phi) is 17.5. The van der Waals surface area contributed by atoms with Crippen molar-refractivity contribution < 1.29 is 26.0 Å². The van der Waals surface area contributed by atoms with Gasteiger partial charge in [0.2, 0.25) is 0 Å². The van der Waals surface area contributed by atoms with Gasteiger partial charge >= 0.3 is 5.97 Å². The van der Waals surface area contributed by atoms with Gasteiger partial charge in [0, 0.05) is 24.2 Å². The van der Waals surface area contributed by atoms with E-state index in [1.165, 1.54) is 24.7 Å². The first-order chi connectivity index (χ1) is 15.7. The first-order valence-corrected chi connectivity index (χ1v) is 13.0. The van der Waals surface area contributed by atoms with Crippen LogP contribution < -0.4 is 5.32 Å². The first kappa shape index (κ1) is 37.7. The highest BCUT2D eigenvalue weighted by atomic mass is 35.5. The number of likely N-dealkylation sites (tertiary alicyclic amines) is 1. The monoisotopic (exact) mass is 544 g/mol. The molecular formula is C29H53ClN2O5. The van der Waals surface area contributed by atoms with Crippen LogP contribution in [0, 0.1) is 17.3 Å². The molecule has 3 atom stereocenters. The Morgan fingerprint density at radius 3 is 2.38 bits per heavy atom. The average Bonchev–Trinajstić information content (AvgIpc) is 2.78. The smallest absolute Gasteiger partial charge is 0.308 e. The maximum Gasteiger partial charge on any atom is 0.308 e. The summed E-state index contributed by atoms with van der Waals surface area (Å²) in [7, 11) is 1.49. The zero-order valence-corrected chi connectivity index (χ0v) is 23.5. The topological polar surface area (TPSA) is 136 Å². The van der Waals surface area contributed by atoms with Gasteiger partial charge in [0.05, 0.1) is 13.0 Å². The summed E-state index contributed by atoms with van der Waals surface area (Å²) in [5.74, 6) is 1.11. The summed E-state index contributed by atoms with van der Waals surface area (Å²) >= 11 is 6.11. The van der Waals surface area contributed by atoms with Crippen LogP contribution >= 0.6 is 11.6 Å². The fourth-order valence-corrected chi connectivity index (χ4v) is 5.86. The maximum absolute atomic E-state index is 11.9. The van der Waals surface area contributed by atoms with Crippen LogP contribution in [0.15, 0.2) is 35.9 Å². The molecule has 0 spiro atoms. The van der Waals surface area contributed by atoms with Crippen molar-refractivity contribution in [1.29, 1.82) is 0 Å². The van der Waals surface area contributed by atoms with Crippen LogP contribution in [0.2, 0.25) is 5.02 Å². The molecule has 7 N–H and O–H groups in total. The van der Waals surface area contributed by atoms with Crippen molar-refractivity contribution in [3.05, 3.63) is 46.5 Å². The molecule has 37 heavy (non-hydrogen) atoms. The van der Waals surface area contributed by atoms with E-state index in [-0.39, 0.29) is 41.2 Å². The second-order valence-corrected chi connectivity index (χ2v) is 11.5. The van der Waals surface area contributed by atoms with E-state index < -0.39 is 0 Å². The fourth-order valence-electron chi connectivity index (χ4n) is 5.73. The summed E-state index contributed by atoms with van der Waals surface area (Å²) in [4.78, 5) is 14.6. The van der Waals surface area contributed by atoms with Crippen LogP contribution in [0.1, 0.15) is 78.7 Å². The van der Waals surface area contributed by atoms with Gasteiger partial charge in [-0.15, -0.1) is 0 Å². The number of piperidine rings is 1. The summed E-state index contributed by atoms with van der Waals surface area (Å²) in [6.07, 6.45) is 7.36. The average molecular weight is 545 g/mol. The van der Waals surface area contributed by atoms with Gasteiger partial charge in [-0.1, -0.05) is 70.5 Å². The first-order valence-electron chi connectivity index (χ1n) is 12.7. The molecule has 1 aliphatic carbocycles. The van der Waals surface area contributed by atoms with Crippen molar-refractivity contribution in [1.82, 2.24) is 10.2 Å². The fraction of sp³-hybridized carbons (Fsp3) is 0.690. The number of ether oxygens (including phenoxy) is 1. The molecule has 2 aliphatic rings. The number of nitrogens with one attached hydrogen (secondary N) is 1. The maximum atomic E-state index is 11.9. The molecule has 1 saturated heterocycles. The van der Waals surface area contributed by atoms with Gasteiger partial charge in [0.25, 0.3) is 0 Å². The normalized spacial score (nSPS) is 21.8. The molecule has 0 bridgehead atoms. The summed E-state index contributed by atoms with van der Waals surface area (Å²) in [5, 5.41) is 4.62. The molecule has 1 fully saturated rings. The Labute approximate surface area is 229 Å². The van der Waals surface area contributed by atoms with Gasteiger partial charge < -0.3 is 31.4 Å². The van der Waals surface area contributed by atoms with E-state index >= 15 is 0 Å². The number of allylic oxidation sites excluding steroid dienone is 1. The van der Waals surface area contributed by atoms with Crippen LogP contribution in [0.25, 0.3) is 0 Å². The van der Waals surface area contributed by atoms with Crippen molar-refractivity contribution >= 4 is 17.6 Å². The molecule has 0 amide bonds. The van der Waals surface area contributed by atoms with E-state index in [2.05, 4.69) is 56.1 Å². The molecular weight excluding hydrogens is 492 g/mol. The second-order valence-electron chi connectivity index (χ2n) is 11.0. The lowest BCUT2D eigenvalue weighted by Gasteiger charge is -2.45. The predicted molar refractivity (Wildman–Crippen MR) is 155 cm³/mol. The van der Waals surface area contributed by atoms with Crippen molar-refractivity contribution in [2.45, 2.75) is 79.2 Å². The van der Waals surface area contributed by atoms with Gasteiger partial charge in [-0.2, -0.15) is 0 Å². The minimum absolute atomic E-state index is 0. The molecule has 0 aromatic heterocycles. The number of carbonyl (C=O) groups is 1. The van der Waals surface area contributed by atoms with Crippen molar-refractivity contribution in [2.75, 3.05) is 33.3 Å². The van der Waals surface area contributed by atoms with Crippen LogP contribution in [-0.4, -0.2) is 66.6 Å². The third-order valence-electron chi connectivity index (χ3n) is 7.72. The van der Waals surface area contributed by atoms with E-state index in [9.17, 15) is 4.79 Å². The van der Waals surface area contributed by atoms with Gasteiger partial charge in [-0.25, -0.2) is 0 Å². The van der Waals surface area contributed by atoms with Crippen LogP contribution in [0.5, 0.6) is 0 Å². The highest BCUT2D eigenvalue weighted by molar-refractivity contribution is 6.30. The van der Waals surface area contributed by atoms with E-state index in [1.807, 2.05) is 12.1 Å². The molecule has 3 rings (SSSR count). The van der Waals surface area contributed by atoms with Crippen molar-refractivity contribution in [2.24, 2.45) is 17.3 Å². The number of carbonyl (C=O) groups excluding carboxylic acids is 1. The molecule has 7 nitrogen and oxygen atoms in total. The van der Waals surface area contributed by atoms with Gasteiger partial charge in [-0.3, -0.25) is 4.79 Å². The summed E-state index contributed by atoms with van der Waals surface area (Å²) in [5.41, 5.74) is 3.01. The van der Waals surface area contributed by atoms with E-state index in [0.717, 1.165) is 56.9 Å². The Hall–Kier alpha value is -1.48. The summed E-state index contributed by atoms with van der Waals surface area (Å²) in [6, 6.07) is 8.92. The van der Waals surface area contributed by atoms with E-state index in [0.29, 0.717) is 17.9 Å². The largest absolute Gasteiger partial charge is 0.469 e. The molecule has 8 heteroatoms. The zero-order chi connectivity index (χ0) is 24.0. The van der Waals surface area contributed by atoms with Gasteiger partial charge in [0.1, 0.15) is 0 Å². The molecule has 0 saturated carbocycles. The molecule has 3 unspecified atom stereocenters. The van der Waals surface area contributed by atoms with E-state index in [1.54, 1.807) is 0 Å². The minimum Gasteiger partial charge on any atom is -0.469 e. The van der Waals surface area contributed by atoms with E-state index in [4.69, 9.17) is 16.3 Å². The number of benzene rings is 1. The lowest BCUT2D eigenvalue weighted by molar-refractivity contribution is -0.145. The summed E-state index contributed by atoms with van der Waals surface area (Å²) < 4.78 is 4.97. The van der Waals surface area contributed by atoms with Crippen molar-refractivity contribution in [3.63, 3.8) is 0 Å². The molecule has 1 aliphatic heterocycles. The van der Waals surface area contributed by atoms with Gasteiger partial charge in [0.15, 0.2) is 0 Å². The standard InChI is InChI=1S/C28H43ClN2O2.CH4.3H2O/c1-20(2)26(30-18-21-7-6-8-23(17-21)27(32)33-5)14-16-31-15-13-25(28(3,4)19-31)22-9-11-24(29)12-10-22;;;;/h7,9-12,20,23,25-26,30H,6,8,13-19H2,1-5H3;1H4;3*1H2. The van der Waals surface area contributed by atoms with Crippen molar-refractivity contribution in [3.8, 4) is 0 Å². The molecule has 1 aromatic rings. The Morgan fingerprint density at radius 1 is 1.16 bits per heavy atom. The molecule has 0 radical (unpaired) electrons. The minimum atomic E-state index is -0.0642. The number of esters is 1. The number of hydrogen-bond acceptors (Lipinski definition) is 4. The molecule has 1 aromatic carbocycles. The number of methoxy groups -OCH3 is 1. The van der Waals surface area contributed by atoms with Crippen LogP contribution in [0.3, 0.4) is 0 Å². The predicted octanol–water partition coefficient (Wildman–Crippen LogP) is 4.22. The molecule has 216 valence electrons. The number of nitrogens with zero attached hydrogens (tertiary/aromatic N) is 1. The Bertz CT molecular complexity index is 813. The Balaban J connectivity index is 0. The lowest BCUT2D eigenvalue weighted by atomic mass is 9.70. The third kappa shape index (κ3) is 10.7. The van der Waals surface area contributed by atoms with Crippen LogP contribution in [0.4, 0.5) is 0 Å². The second kappa shape index (κ2) is 17.2. The summed E-state index contributed by atoms with van der Waals surface area (Å²) in [6.45, 7) is 13.7. The highest BCUT2D eigenvalue weighted by Crippen LogP contribution is 2.42. The number of rotatable bonds is 9. The zero-order valence-electron chi connectivity index (χ0n) is 22.7. The number of halogens is 1.